The molecule has 0 aliphatic heterocycles. The zero-order chi connectivity index (χ0) is 8.53. The maximum absolute atomic E-state index is 5.63. The summed E-state index contributed by atoms with van der Waals surface area (Å²) in [7, 11) is 0. The summed E-state index contributed by atoms with van der Waals surface area (Å²) in [6.07, 6.45) is 6.40. The molecule has 0 fully saturated rings. The second-order valence-corrected chi connectivity index (χ2v) is 2.94. The molecule has 1 N–H and O–H groups in total. The molecule has 1 unspecified atom stereocenters. The predicted octanol–water partition coefficient (Wildman–Crippen LogP) is 2.56. The van der Waals surface area contributed by atoms with Crippen LogP contribution in [0.4, 0.5) is 0 Å². The number of halogens is 1. The summed E-state index contributed by atoms with van der Waals surface area (Å²) in [6.45, 7) is 5.18. The van der Waals surface area contributed by atoms with E-state index < -0.39 is 0 Å². The normalized spacial score (nSPS) is 14.1. The Morgan fingerprint density at radius 2 is 2.27 bits per heavy atom. The first-order valence-corrected chi connectivity index (χ1v) is 4.79. The van der Waals surface area contributed by atoms with Crippen LogP contribution < -0.4 is 5.32 Å². The van der Waals surface area contributed by atoms with Gasteiger partial charge in [0, 0.05) is 18.5 Å². The smallest absolute Gasteiger partial charge is 0.0238 e. The van der Waals surface area contributed by atoms with Crippen molar-refractivity contribution in [1.29, 1.82) is 0 Å². The van der Waals surface area contributed by atoms with Crippen LogP contribution in [0.25, 0.3) is 0 Å². The summed E-state index contributed by atoms with van der Waals surface area (Å²) in [5, 5.41) is 3.40. The van der Waals surface area contributed by atoms with Gasteiger partial charge in [0.15, 0.2) is 0 Å². The third-order valence-corrected chi connectivity index (χ3v) is 1.93. The first-order chi connectivity index (χ1) is 5.35. The Kier molecular flexibility index (Phi) is 8.08. The van der Waals surface area contributed by atoms with Gasteiger partial charge in [0.05, 0.1) is 0 Å². The van der Waals surface area contributed by atoms with Gasteiger partial charge in [-0.1, -0.05) is 19.1 Å². The second kappa shape index (κ2) is 8.09. The highest BCUT2D eigenvalue weighted by atomic mass is 35.5. The van der Waals surface area contributed by atoms with E-state index in [-0.39, 0.29) is 0 Å². The zero-order valence-electron chi connectivity index (χ0n) is 7.44. The predicted molar refractivity (Wildman–Crippen MR) is 52.2 cm³/mol. The second-order valence-electron chi connectivity index (χ2n) is 2.56. The van der Waals surface area contributed by atoms with E-state index >= 15 is 0 Å². The van der Waals surface area contributed by atoms with Gasteiger partial charge in [0.2, 0.25) is 0 Å². The molecule has 0 aromatic heterocycles. The zero-order valence-corrected chi connectivity index (χ0v) is 8.19. The molecule has 11 heavy (non-hydrogen) atoms. The number of hydrogen-bond acceptors (Lipinski definition) is 1. The van der Waals surface area contributed by atoms with Crippen molar-refractivity contribution in [3.63, 3.8) is 0 Å². The Labute approximate surface area is 74.8 Å². The van der Waals surface area contributed by atoms with Crippen molar-refractivity contribution in [1.82, 2.24) is 5.32 Å². The fourth-order valence-corrected chi connectivity index (χ4v) is 1.20. The molecule has 0 aliphatic rings. The molecule has 0 rings (SSSR count). The van der Waals surface area contributed by atoms with Crippen LogP contribution in [0.3, 0.4) is 0 Å². The fourth-order valence-electron chi connectivity index (χ4n) is 0.935. The molecule has 1 atom stereocenters. The van der Waals surface area contributed by atoms with Crippen molar-refractivity contribution in [2.24, 2.45) is 0 Å². The highest BCUT2D eigenvalue weighted by Gasteiger charge is 2.01. The van der Waals surface area contributed by atoms with Gasteiger partial charge in [-0.15, -0.1) is 11.6 Å². The topological polar surface area (TPSA) is 12.0 Å². The Bertz CT molecular complexity index is 102. The van der Waals surface area contributed by atoms with Crippen LogP contribution in [0.2, 0.25) is 0 Å². The van der Waals surface area contributed by atoms with Crippen molar-refractivity contribution in [3.05, 3.63) is 12.2 Å². The van der Waals surface area contributed by atoms with Gasteiger partial charge in [-0.05, 0) is 19.8 Å². The molecule has 0 heterocycles. The highest BCUT2D eigenvalue weighted by Crippen LogP contribution is 1.98. The van der Waals surface area contributed by atoms with Gasteiger partial charge in [-0.3, -0.25) is 0 Å². The largest absolute Gasteiger partial charge is 0.310 e. The average Bonchev–Trinajstić information content (AvgIpc) is 2.03. The SMILES string of the molecule is C/C=C/CNC(CC)CCCl. The summed E-state index contributed by atoms with van der Waals surface area (Å²) in [4.78, 5) is 0. The van der Waals surface area contributed by atoms with E-state index in [0.717, 1.165) is 25.3 Å². The fraction of sp³-hybridized carbons (Fsp3) is 0.778. The summed E-state index contributed by atoms with van der Waals surface area (Å²) in [5.41, 5.74) is 0. The molecular weight excluding hydrogens is 158 g/mol. The van der Waals surface area contributed by atoms with E-state index in [9.17, 15) is 0 Å². The first kappa shape index (κ1) is 11.0. The lowest BCUT2D eigenvalue weighted by Crippen LogP contribution is -2.28. The van der Waals surface area contributed by atoms with Crippen molar-refractivity contribution < 1.29 is 0 Å². The quantitative estimate of drug-likeness (QED) is 0.484. The molecule has 1 nitrogen and oxygen atoms in total. The molecule has 0 radical (unpaired) electrons. The summed E-state index contributed by atoms with van der Waals surface area (Å²) >= 11 is 5.63. The summed E-state index contributed by atoms with van der Waals surface area (Å²) in [6, 6.07) is 0.587. The maximum atomic E-state index is 5.63. The van der Waals surface area contributed by atoms with Crippen LogP contribution in [0.5, 0.6) is 0 Å². The van der Waals surface area contributed by atoms with E-state index in [0.29, 0.717) is 6.04 Å². The number of alkyl halides is 1. The Morgan fingerprint density at radius 1 is 1.55 bits per heavy atom. The monoisotopic (exact) mass is 175 g/mol. The summed E-state index contributed by atoms with van der Waals surface area (Å²) < 4.78 is 0. The molecular formula is C9H18ClN. The Hall–Kier alpha value is -0.0100. The van der Waals surface area contributed by atoms with Gasteiger partial charge in [-0.25, -0.2) is 0 Å². The Balaban J connectivity index is 3.35. The molecule has 0 aromatic carbocycles. The van der Waals surface area contributed by atoms with Gasteiger partial charge in [0.1, 0.15) is 0 Å². The Morgan fingerprint density at radius 3 is 2.73 bits per heavy atom. The molecule has 0 amide bonds. The van der Waals surface area contributed by atoms with Gasteiger partial charge < -0.3 is 5.32 Å². The van der Waals surface area contributed by atoms with Gasteiger partial charge >= 0.3 is 0 Å². The number of nitrogens with one attached hydrogen (secondary N) is 1. The van der Waals surface area contributed by atoms with Crippen molar-refractivity contribution >= 4 is 11.6 Å². The molecule has 0 aromatic rings. The van der Waals surface area contributed by atoms with Crippen LogP contribution in [0.15, 0.2) is 12.2 Å². The summed E-state index contributed by atoms with van der Waals surface area (Å²) in [5.74, 6) is 0.751. The minimum absolute atomic E-state index is 0.587. The first-order valence-electron chi connectivity index (χ1n) is 4.25. The average molecular weight is 176 g/mol. The van der Waals surface area contributed by atoms with Crippen LogP contribution in [0, 0.1) is 0 Å². The minimum atomic E-state index is 0.587. The third-order valence-electron chi connectivity index (χ3n) is 1.71. The van der Waals surface area contributed by atoms with Crippen molar-refractivity contribution in [2.45, 2.75) is 32.7 Å². The highest BCUT2D eigenvalue weighted by molar-refractivity contribution is 6.17. The number of allylic oxidation sites excluding steroid dienone is 1. The molecule has 0 aliphatic carbocycles. The minimum Gasteiger partial charge on any atom is -0.310 e. The molecule has 66 valence electrons. The van der Waals surface area contributed by atoms with E-state index in [1.807, 2.05) is 6.92 Å². The van der Waals surface area contributed by atoms with Crippen LogP contribution >= 0.6 is 11.6 Å². The molecule has 0 saturated heterocycles. The molecule has 0 bridgehead atoms. The standard InChI is InChI=1S/C9H18ClN/c1-3-5-8-11-9(4-2)6-7-10/h3,5,9,11H,4,6-8H2,1-2H3/b5-3+. The van der Waals surface area contributed by atoms with Crippen molar-refractivity contribution in [2.75, 3.05) is 12.4 Å². The molecule has 0 saturated carbocycles. The van der Waals surface area contributed by atoms with E-state index in [2.05, 4.69) is 24.4 Å². The van der Waals surface area contributed by atoms with E-state index in [1.54, 1.807) is 0 Å². The van der Waals surface area contributed by atoms with Crippen LogP contribution in [0.1, 0.15) is 26.7 Å². The lowest BCUT2D eigenvalue weighted by atomic mass is 10.2. The number of hydrogen-bond donors (Lipinski definition) is 1. The van der Waals surface area contributed by atoms with Gasteiger partial charge in [0.25, 0.3) is 0 Å². The molecule has 0 spiro atoms. The van der Waals surface area contributed by atoms with E-state index in [4.69, 9.17) is 11.6 Å². The maximum Gasteiger partial charge on any atom is 0.0238 e. The molecule has 2 heteroatoms. The van der Waals surface area contributed by atoms with E-state index in [1.165, 1.54) is 0 Å². The van der Waals surface area contributed by atoms with Crippen molar-refractivity contribution in [3.8, 4) is 0 Å². The number of rotatable bonds is 6. The lowest BCUT2D eigenvalue weighted by molar-refractivity contribution is 0.512. The lowest BCUT2D eigenvalue weighted by Gasteiger charge is -2.13. The van der Waals surface area contributed by atoms with Crippen LogP contribution in [-0.4, -0.2) is 18.5 Å². The van der Waals surface area contributed by atoms with Gasteiger partial charge in [-0.2, -0.15) is 0 Å². The van der Waals surface area contributed by atoms with Crippen LogP contribution in [-0.2, 0) is 0 Å². The third kappa shape index (κ3) is 6.39.